The zero-order valence-electron chi connectivity index (χ0n) is 15.6. The molecule has 0 saturated heterocycles. The van der Waals surface area contributed by atoms with Crippen LogP contribution < -0.4 is 5.32 Å². The lowest BCUT2D eigenvalue weighted by molar-refractivity contribution is -0.146. The van der Waals surface area contributed by atoms with Crippen LogP contribution in [-0.2, 0) is 26.5 Å². The maximum Gasteiger partial charge on any atom is 0.316 e. The molecule has 0 aromatic heterocycles. The maximum absolute atomic E-state index is 12.2. The quantitative estimate of drug-likeness (QED) is 0.735. The first-order valence-corrected chi connectivity index (χ1v) is 10.4. The first-order valence-electron chi connectivity index (χ1n) is 9.28. The van der Waals surface area contributed by atoms with Crippen molar-refractivity contribution in [3.63, 3.8) is 0 Å². The lowest BCUT2D eigenvalue weighted by Crippen LogP contribution is -2.34. The molecule has 2 aromatic carbocycles. The standard InChI is InChI=1S/C22H25NO3S/c1-16-9-11-17(12-10-16)14-27-15-22(25)26-13-21(24)23-20-8-4-6-18-5-2-3-7-19(18)20/h2-3,5,7,9-12,20H,4,6,8,13-15H2,1H3,(H,23,24)/t20-/m0/s1. The van der Waals surface area contributed by atoms with Crippen LogP contribution in [0.5, 0.6) is 0 Å². The number of carbonyl (C=O) groups is 2. The van der Waals surface area contributed by atoms with Crippen LogP contribution in [0.25, 0.3) is 0 Å². The average Bonchev–Trinajstić information content (AvgIpc) is 2.68. The van der Waals surface area contributed by atoms with E-state index in [2.05, 4.69) is 41.7 Å². The minimum Gasteiger partial charge on any atom is -0.455 e. The number of esters is 1. The third kappa shape index (κ3) is 5.86. The molecular formula is C22H25NO3S. The van der Waals surface area contributed by atoms with Crippen LogP contribution in [0.4, 0.5) is 0 Å². The zero-order valence-corrected chi connectivity index (χ0v) is 16.4. The minimum absolute atomic E-state index is 0.0112. The zero-order chi connectivity index (χ0) is 19.1. The van der Waals surface area contributed by atoms with E-state index in [0.29, 0.717) is 0 Å². The SMILES string of the molecule is Cc1ccc(CSCC(=O)OCC(=O)N[C@H]2CCCc3ccccc32)cc1. The van der Waals surface area contributed by atoms with Crippen molar-refractivity contribution in [2.24, 2.45) is 0 Å². The van der Waals surface area contributed by atoms with Crippen LogP contribution in [0, 0.1) is 6.92 Å². The van der Waals surface area contributed by atoms with Gasteiger partial charge in [-0.15, -0.1) is 11.8 Å². The summed E-state index contributed by atoms with van der Waals surface area (Å²) in [6, 6.07) is 16.4. The van der Waals surface area contributed by atoms with E-state index in [1.165, 1.54) is 34.0 Å². The molecule has 0 radical (unpaired) electrons. The molecular weight excluding hydrogens is 358 g/mol. The second kappa shape index (κ2) is 9.60. The fraction of sp³-hybridized carbons (Fsp3) is 0.364. The predicted molar refractivity (Wildman–Crippen MR) is 109 cm³/mol. The molecule has 4 nitrogen and oxygen atoms in total. The van der Waals surface area contributed by atoms with Crippen molar-refractivity contribution >= 4 is 23.6 Å². The molecule has 0 bridgehead atoms. The summed E-state index contributed by atoms with van der Waals surface area (Å²) in [5, 5.41) is 2.99. The summed E-state index contributed by atoms with van der Waals surface area (Å²) in [4.78, 5) is 24.0. The topological polar surface area (TPSA) is 55.4 Å². The molecule has 0 heterocycles. The summed E-state index contributed by atoms with van der Waals surface area (Å²) >= 11 is 1.49. The van der Waals surface area contributed by atoms with Crippen molar-refractivity contribution in [1.29, 1.82) is 0 Å². The van der Waals surface area contributed by atoms with Gasteiger partial charge in [0, 0.05) is 5.75 Å². The molecule has 1 N–H and O–H groups in total. The number of hydrogen-bond acceptors (Lipinski definition) is 4. The first-order chi connectivity index (χ1) is 13.1. The molecule has 3 rings (SSSR count). The van der Waals surface area contributed by atoms with Gasteiger partial charge < -0.3 is 10.1 Å². The molecule has 2 aromatic rings. The average molecular weight is 384 g/mol. The van der Waals surface area contributed by atoms with Gasteiger partial charge in [0.1, 0.15) is 0 Å². The Kier molecular flexibility index (Phi) is 6.93. The normalized spacial score (nSPS) is 15.7. The van der Waals surface area contributed by atoms with Crippen LogP contribution in [0.15, 0.2) is 48.5 Å². The van der Waals surface area contributed by atoms with Gasteiger partial charge in [0.2, 0.25) is 0 Å². The smallest absolute Gasteiger partial charge is 0.316 e. The van der Waals surface area contributed by atoms with Crippen molar-refractivity contribution in [2.45, 2.75) is 38.0 Å². The molecule has 0 aliphatic heterocycles. The van der Waals surface area contributed by atoms with Gasteiger partial charge >= 0.3 is 5.97 Å². The van der Waals surface area contributed by atoms with Gasteiger partial charge in [-0.1, -0.05) is 54.1 Å². The lowest BCUT2D eigenvalue weighted by Gasteiger charge is -2.26. The Morgan fingerprint density at radius 2 is 1.93 bits per heavy atom. The Morgan fingerprint density at radius 3 is 2.74 bits per heavy atom. The Morgan fingerprint density at radius 1 is 1.15 bits per heavy atom. The van der Waals surface area contributed by atoms with E-state index in [0.717, 1.165) is 25.0 Å². The number of ether oxygens (including phenoxy) is 1. The highest BCUT2D eigenvalue weighted by Gasteiger charge is 2.21. The highest BCUT2D eigenvalue weighted by Crippen LogP contribution is 2.29. The fourth-order valence-electron chi connectivity index (χ4n) is 3.26. The van der Waals surface area contributed by atoms with Crippen molar-refractivity contribution in [2.75, 3.05) is 12.4 Å². The molecule has 1 aliphatic carbocycles. The highest BCUT2D eigenvalue weighted by atomic mass is 32.2. The van der Waals surface area contributed by atoms with Crippen LogP contribution in [0.2, 0.25) is 0 Å². The lowest BCUT2D eigenvalue weighted by atomic mass is 9.88. The van der Waals surface area contributed by atoms with Gasteiger partial charge in [0.15, 0.2) is 6.61 Å². The molecule has 1 amide bonds. The molecule has 1 aliphatic rings. The summed E-state index contributed by atoms with van der Waals surface area (Å²) < 4.78 is 5.12. The molecule has 0 spiro atoms. The summed E-state index contributed by atoms with van der Waals surface area (Å²) in [5.74, 6) is 0.397. The van der Waals surface area contributed by atoms with Crippen LogP contribution in [0.3, 0.4) is 0 Å². The Balaban J connectivity index is 1.38. The number of carbonyl (C=O) groups excluding carboxylic acids is 2. The largest absolute Gasteiger partial charge is 0.455 e. The van der Waals surface area contributed by atoms with Crippen LogP contribution in [0.1, 0.15) is 41.1 Å². The van der Waals surface area contributed by atoms with Crippen LogP contribution >= 0.6 is 11.8 Å². The molecule has 27 heavy (non-hydrogen) atoms. The van der Waals surface area contributed by atoms with E-state index in [9.17, 15) is 9.59 Å². The van der Waals surface area contributed by atoms with Gasteiger partial charge in [-0.05, 0) is 42.9 Å². The fourth-order valence-corrected chi connectivity index (χ4v) is 4.04. The van der Waals surface area contributed by atoms with E-state index in [-0.39, 0.29) is 30.3 Å². The molecule has 5 heteroatoms. The molecule has 0 saturated carbocycles. The number of benzene rings is 2. The third-order valence-electron chi connectivity index (χ3n) is 4.68. The number of fused-ring (bicyclic) bond motifs is 1. The number of rotatable bonds is 7. The minimum atomic E-state index is -0.355. The van der Waals surface area contributed by atoms with Crippen molar-refractivity contribution < 1.29 is 14.3 Å². The van der Waals surface area contributed by atoms with Gasteiger partial charge in [0.25, 0.3) is 5.91 Å². The Labute approximate surface area is 164 Å². The number of amides is 1. The highest BCUT2D eigenvalue weighted by molar-refractivity contribution is 7.99. The summed E-state index contributed by atoms with van der Waals surface area (Å²) in [6.07, 6.45) is 3.02. The number of aryl methyl sites for hydroxylation is 2. The summed E-state index contributed by atoms with van der Waals surface area (Å²) in [6.45, 7) is 1.83. The monoisotopic (exact) mass is 383 g/mol. The number of hydrogen-bond donors (Lipinski definition) is 1. The summed E-state index contributed by atoms with van der Waals surface area (Å²) in [7, 11) is 0. The van der Waals surface area contributed by atoms with Gasteiger partial charge in [0.05, 0.1) is 11.8 Å². The van der Waals surface area contributed by atoms with E-state index < -0.39 is 0 Å². The Bertz CT molecular complexity index is 788. The van der Waals surface area contributed by atoms with E-state index in [1.54, 1.807) is 0 Å². The molecule has 0 unspecified atom stereocenters. The van der Waals surface area contributed by atoms with E-state index >= 15 is 0 Å². The Hall–Kier alpha value is -2.27. The van der Waals surface area contributed by atoms with Crippen LogP contribution in [-0.4, -0.2) is 24.2 Å². The summed E-state index contributed by atoms with van der Waals surface area (Å²) in [5.41, 5.74) is 4.86. The number of thioether (sulfide) groups is 1. The van der Waals surface area contributed by atoms with Crippen molar-refractivity contribution in [3.05, 3.63) is 70.8 Å². The van der Waals surface area contributed by atoms with Crippen molar-refractivity contribution in [1.82, 2.24) is 5.32 Å². The number of nitrogens with one attached hydrogen (secondary N) is 1. The first kappa shape index (κ1) is 19.5. The van der Waals surface area contributed by atoms with E-state index in [1.807, 2.05) is 19.1 Å². The van der Waals surface area contributed by atoms with Gasteiger partial charge in [-0.25, -0.2) is 0 Å². The molecule has 0 fully saturated rings. The molecule has 142 valence electrons. The second-order valence-corrected chi connectivity index (χ2v) is 7.84. The van der Waals surface area contributed by atoms with Crippen molar-refractivity contribution in [3.8, 4) is 0 Å². The van der Waals surface area contributed by atoms with Gasteiger partial charge in [-0.3, -0.25) is 9.59 Å². The second-order valence-electron chi connectivity index (χ2n) is 6.85. The van der Waals surface area contributed by atoms with Gasteiger partial charge in [-0.2, -0.15) is 0 Å². The third-order valence-corrected chi connectivity index (χ3v) is 5.66. The van der Waals surface area contributed by atoms with E-state index in [4.69, 9.17) is 4.74 Å². The maximum atomic E-state index is 12.2. The predicted octanol–water partition coefficient (Wildman–Crippen LogP) is 3.97. The molecule has 1 atom stereocenters.